The van der Waals surface area contributed by atoms with Gasteiger partial charge in [-0.3, -0.25) is 9.78 Å². The molecule has 1 aliphatic heterocycles. The molecule has 1 unspecified atom stereocenters. The fourth-order valence-electron chi connectivity index (χ4n) is 2.16. The maximum Gasteiger partial charge on any atom is 0.168 e. The molecule has 3 nitrogen and oxygen atoms in total. The molecule has 1 aromatic rings. The van der Waals surface area contributed by atoms with Crippen LogP contribution >= 0.6 is 0 Å². The quantitative estimate of drug-likeness (QED) is 0.716. The first kappa shape index (κ1) is 11.3. The average Bonchev–Trinajstić information content (AvgIpc) is 2.28. The number of pyridine rings is 1. The van der Waals surface area contributed by atoms with Gasteiger partial charge in [0.1, 0.15) is 0 Å². The first-order valence-corrected chi connectivity index (χ1v) is 5.74. The fourth-order valence-corrected chi connectivity index (χ4v) is 2.16. The molecule has 1 atom stereocenters. The van der Waals surface area contributed by atoms with Crippen molar-refractivity contribution >= 4 is 5.78 Å². The molecule has 2 heterocycles. The smallest absolute Gasteiger partial charge is 0.168 e. The molecule has 0 aliphatic carbocycles. The second-order valence-corrected chi connectivity index (χ2v) is 4.42. The van der Waals surface area contributed by atoms with Crippen LogP contribution in [0.5, 0.6) is 0 Å². The Balaban J connectivity index is 2.19. The van der Waals surface area contributed by atoms with E-state index in [2.05, 4.69) is 4.98 Å². The van der Waals surface area contributed by atoms with E-state index in [9.17, 15) is 4.79 Å². The highest BCUT2D eigenvalue weighted by molar-refractivity contribution is 5.98. The molecule has 0 bridgehead atoms. The van der Waals surface area contributed by atoms with E-state index in [1.54, 1.807) is 0 Å². The number of nitrogens with zero attached hydrogens (tertiary/aromatic N) is 1. The van der Waals surface area contributed by atoms with Gasteiger partial charge >= 0.3 is 0 Å². The van der Waals surface area contributed by atoms with Crippen molar-refractivity contribution < 1.29 is 9.53 Å². The van der Waals surface area contributed by atoms with Crippen molar-refractivity contribution in [1.82, 2.24) is 4.98 Å². The van der Waals surface area contributed by atoms with Gasteiger partial charge in [0.15, 0.2) is 5.78 Å². The molecule has 1 saturated heterocycles. The minimum atomic E-state index is 0.0370. The van der Waals surface area contributed by atoms with Crippen LogP contribution in [0.4, 0.5) is 0 Å². The number of ether oxygens (including phenoxy) is 1. The Bertz CT molecular complexity index is 375. The van der Waals surface area contributed by atoms with E-state index in [0.717, 1.165) is 36.4 Å². The van der Waals surface area contributed by atoms with Gasteiger partial charge in [0.2, 0.25) is 0 Å². The molecule has 0 amide bonds. The Labute approximate surface area is 95.8 Å². The summed E-state index contributed by atoms with van der Waals surface area (Å²) in [6, 6.07) is 3.73. The van der Waals surface area contributed by atoms with Crippen molar-refractivity contribution in [3.05, 3.63) is 29.1 Å². The lowest BCUT2D eigenvalue weighted by Gasteiger charge is -2.21. The summed E-state index contributed by atoms with van der Waals surface area (Å²) in [5, 5.41) is 0. The molecule has 0 N–H and O–H groups in total. The Hall–Kier alpha value is -1.22. The van der Waals surface area contributed by atoms with Crippen LogP contribution in [-0.2, 0) is 4.74 Å². The first-order chi connectivity index (χ1) is 7.66. The van der Waals surface area contributed by atoms with Crippen LogP contribution in [-0.4, -0.2) is 24.0 Å². The standard InChI is InChI=1S/C13H17NO2/c1-9-6-12(7-10(2)14-9)13(15)11-4-3-5-16-8-11/h6-7,11H,3-5,8H2,1-2H3. The fraction of sp³-hybridized carbons (Fsp3) is 0.538. The van der Waals surface area contributed by atoms with Crippen LogP contribution in [0, 0.1) is 19.8 Å². The van der Waals surface area contributed by atoms with Crippen molar-refractivity contribution in [2.45, 2.75) is 26.7 Å². The summed E-state index contributed by atoms with van der Waals surface area (Å²) in [7, 11) is 0. The first-order valence-electron chi connectivity index (χ1n) is 5.74. The number of ketones is 1. The van der Waals surface area contributed by atoms with Gasteiger partial charge in [-0.2, -0.15) is 0 Å². The summed E-state index contributed by atoms with van der Waals surface area (Å²) in [6.07, 6.45) is 1.93. The van der Waals surface area contributed by atoms with Crippen LogP contribution < -0.4 is 0 Å². The zero-order valence-electron chi connectivity index (χ0n) is 9.82. The zero-order valence-corrected chi connectivity index (χ0v) is 9.82. The second-order valence-electron chi connectivity index (χ2n) is 4.42. The van der Waals surface area contributed by atoms with Gasteiger partial charge in [-0.05, 0) is 38.8 Å². The molecule has 2 rings (SSSR count). The largest absolute Gasteiger partial charge is 0.381 e. The number of hydrogen-bond donors (Lipinski definition) is 0. The van der Waals surface area contributed by atoms with E-state index in [-0.39, 0.29) is 11.7 Å². The van der Waals surface area contributed by atoms with E-state index in [0.29, 0.717) is 6.61 Å². The third-order valence-electron chi connectivity index (χ3n) is 2.90. The number of aryl methyl sites for hydroxylation is 2. The van der Waals surface area contributed by atoms with Gasteiger partial charge in [-0.15, -0.1) is 0 Å². The minimum Gasteiger partial charge on any atom is -0.381 e. The number of hydrogen-bond acceptors (Lipinski definition) is 3. The van der Waals surface area contributed by atoms with Crippen LogP contribution in [0.15, 0.2) is 12.1 Å². The zero-order chi connectivity index (χ0) is 11.5. The maximum atomic E-state index is 12.2. The van der Waals surface area contributed by atoms with Gasteiger partial charge in [0.05, 0.1) is 6.61 Å². The number of Topliss-reactive ketones (excluding diaryl/α,β-unsaturated/α-hetero) is 1. The number of carbonyl (C=O) groups excluding carboxylic acids is 1. The maximum absolute atomic E-state index is 12.2. The third-order valence-corrected chi connectivity index (χ3v) is 2.90. The molecular formula is C13H17NO2. The molecule has 86 valence electrons. The molecule has 16 heavy (non-hydrogen) atoms. The minimum absolute atomic E-state index is 0.0370. The average molecular weight is 219 g/mol. The van der Waals surface area contributed by atoms with Gasteiger partial charge in [0.25, 0.3) is 0 Å². The van der Waals surface area contributed by atoms with Gasteiger partial charge in [-0.1, -0.05) is 0 Å². The molecule has 3 heteroatoms. The lowest BCUT2D eigenvalue weighted by molar-refractivity contribution is 0.0461. The molecule has 1 aromatic heterocycles. The monoisotopic (exact) mass is 219 g/mol. The Morgan fingerprint density at radius 3 is 2.62 bits per heavy atom. The van der Waals surface area contributed by atoms with Crippen LogP contribution in [0.2, 0.25) is 0 Å². The van der Waals surface area contributed by atoms with Crippen molar-refractivity contribution in [2.75, 3.05) is 13.2 Å². The normalized spacial score (nSPS) is 20.8. The number of carbonyl (C=O) groups is 1. The van der Waals surface area contributed by atoms with Crippen LogP contribution in [0.1, 0.15) is 34.6 Å². The Kier molecular flexibility index (Phi) is 3.34. The predicted molar refractivity (Wildman–Crippen MR) is 61.6 cm³/mol. The van der Waals surface area contributed by atoms with E-state index >= 15 is 0 Å². The lowest BCUT2D eigenvalue weighted by atomic mass is 9.92. The van der Waals surface area contributed by atoms with Gasteiger partial charge < -0.3 is 4.74 Å². The Morgan fingerprint density at radius 2 is 2.06 bits per heavy atom. The van der Waals surface area contributed by atoms with E-state index in [4.69, 9.17) is 4.74 Å². The van der Waals surface area contributed by atoms with Crippen molar-refractivity contribution in [3.8, 4) is 0 Å². The van der Waals surface area contributed by atoms with Gasteiger partial charge in [0, 0.05) is 29.5 Å². The highest BCUT2D eigenvalue weighted by Gasteiger charge is 2.23. The van der Waals surface area contributed by atoms with Crippen LogP contribution in [0.25, 0.3) is 0 Å². The summed E-state index contributed by atoms with van der Waals surface area (Å²) in [5.74, 6) is 0.239. The van der Waals surface area contributed by atoms with E-state index in [1.165, 1.54) is 0 Å². The van der Waals surface area contributed by atoms with Crippen molar-refractivity contribution in [1.29, 1.82) is 0 Å². The second kappa shape index (κ2) is 4.74. The summed E-state index contributed by atoms with van der Waals surface area (Å²) < 4.78 is 5.35. The molecule has 0 radical (unpaired) electrons. The van der Waals surface area contributed by atoms with E-state index in [1.807, 2.05) is 26.0 Å². The highest BCUT2D eigenvalue weighted by atomic mass is 16.5. The topological polar surface area (TPSA) is 39.2 Å². The third kappa shape index (κ3) is 2.47. The lowest BCUT2D eigenvalue weighted by Crippen LogP contribution is -2.25. The van der Waals surface area contributed by atoms with Gasteiger partial charge in [-0.25, -0.2) is 0 Å². The summed E-state index contributed by atoms with van der Waals surface area (Å²) >= 11 is 0. The molecule has 1 aliphatic rings. The summed E-state index contributed by atoms with van der Waals surface area (Å²) in [6.45, 7) is 5.19. The highest BCUT2D eigenvalue weighted by Crippen LogP contribution is 2.19. The summed E-state index contributed by atoms with van der Waals surface area (Å²) in [4.78, 5) is 16.5. The predicted octanol–water partition coefficient (Wildman–Crippen LogP) is 2.31. The number of rotatable bonds is 2. The summed E-state index contributed by atoms with van der Waals surface area (Å²) in [5.41, 5.74) is 2.58. The molecular weight excluding hydrogens is 202 g/mol. The molecule has 0 spiro atoms. The molecule has 0 aromatic carbocycles. The Morgan fingerprint density at radius 1 is 1.38 bits per heavy atom. The number of aromatic nitrogens is 1. The SMILES string of the molecule is Cc1cc(C(=O)C2CCCOC2)cc(C)n1. The van der Waals surface area contributed by atoms with Crippen molar-refractivity contribution in [2.24, 2.45) is 5.92 Å². The molecule has 1 fully saturated rings. The van der Waals surface area contributed by atoms with Crippen LogP contribution in [0.3, 0.4) is 0 Å². The van der Waals surface area contributed by atoms with E-state index < -0.39 is 0 Å². The molecule has 0 saturated carbocycles. The van der Waals surface area contributed by atoms with Crippen molar-refractivity contribution in [3.63, 3.8) is 0 Å².